The molecule has 1 fully saturated rings. The maximum Gasteiger partial charge on any atom is 0.0929 e. The van der Waals surface area contributed by atoms with Gasteiger partial charge in [-0.3, -0.25) is 0 Å². The predicted molar refractivity (Wildman–Crippen MR) is 59.9 cm³/mol. The Morgan fingerprint density at radius 3 is 2.33 bits per heavy atom. The van der Waals surface area contributed by atoms with E-state index in [9.17, 15) is 0 Å². The largest absolute Gasteiger partial charge is 0.396 e. The number of rotatable bonds is 4. The quantitative estimate of drug-likeness (QED) is 0.819. The van der Waals surface area contributed by atoms with Crippen molar-refractivity contribution in [1.29, 1.82) is 0 Å². The summed E-state index contributed by atoms with van der Waals surface area (Å²) in [7, 11) is 1.78. The number of aliphatic hydroxyl groups is 1. The van der Waals surface area contributed by atoms with Crippen molar-refractivity contribution >= 4 is 0 Å². The van der Waals surface area contributed by atoms with Gasteiger partial charge in [0.05, 0.1) is 5.60 Å². The zero-order chi connectivity index (χ0) is 10.9. The van der Waals surface area contributed by atoms with Crippen molar-refractivity contribution in [2.75, 3.05) is 13.7 Å². The average molecular weight is 206 g/mol. The summed E-state index contributed by atoms with van der Waals surface area (Å²) < 4.78 is 5.51. The summed E-state index contributed by atoms with van der Waals surface area (Å²) in [5, 5.41) is 9.05. The van der Waals surface area contributed by atoms with E-state index in [0.29, 0.717) is 0 Å². The first-order chi connectivity index (χ1) is 7.22. The Morgan fingerprint density at radius 2 is 1.93 bits per heavy atom. The molecule has 1 aliphatic carbocycles. The highest BCUT2D eigenvalue weighted by Gasteiger charge is 2.44. The van der Waals surface area contributed by atoms with Crippen LogP contribution in [-0.4, -0.2) is 18.8 Å². The minimum atomic E-state index is 0.000975. The van der Waals surface area contributed by atoms with Gasteiger partial charge in [-0.05, 0) is 24.0 Å². The van der Waals surface area contributed by atoms with Gasteiger partial charge in [0, 0.05) is 19.6 Å². The maximum atomic E-state index is 9.05. The van der Waals surface area contributed by atoms with Gasteiger partial charge in [-0.1, -0.05) is 31.2 Å². The van der Waals surface area contributed by atoms with E-state index in [-0.39, 0.29) is 18.1 Å². The fourth-order valence-electron chi connectivity index (χ4n) is 1.94. The first-order valence-electron chi connectivity index (χ1n) is 5.48. The van der Waals surface area contributed by atoms with Crippen LogP contribution in [0.15, 0.2) is 24.3 Å². The molecule has 1 atom stereocenters. The molecule has 0 bridgehead atoms. The summed E-state index contributed by atoms with van der Waals surface area (Å²) in [5.41, 5.74) is 2.45. The number of ether oxygens (including phenoxy) is 1. The molecule has 0 spiro atoms. The van der Waals surface area contributed by atoms with E-state index in [2.05, 4.69) is 24.3 Å². The number of benzene rings is 1. The minimum absolute atomic E-state index is 0.000975. The van der Waals surface area contributed by atoms with Gasteiger partial charge in [-0.15, -0.1) is 0 Å². The summed E-state index contributed by atoms with van der Waals surface area (Å²) in [4.78, 5) is 0. The molecule has 0 heterocycles. The van der Waals surface area contributed by atoms with Gasteiger partial charge in [0.15, 0.2) is 0 Å². The molecule has 1 aromatic rings. The first-order valence-corrected chi connectivity index (χ1v) is 5.48. The lowest BCUT2D eigenvalue weighted by molar-refractivity contribution is 0.0789. The number of hydrogen-bond donors (Lipinski definition) is 1. The van der Waals surface area contributed by atoms with Crippen LogP contribution in [0.4, 0.5) is 0 Å². The van der Waals surface area contributed by atoms with Gasteiger partial charge in [0.2, 0.25) is 0 Å². The second kappa shape index (κ2) is 3.95. The smallest absolute Gasteiger partial charge is 0.0929 e. The van der Waals surface area contributed by atoms with Crippen molar-refractivity contribution in [1.82, 2.24) is 0 Å². The zero-order valence-corrected chi connectivity index (χ0v) is 9.36. The van der Waals surface area contributed by atoms with E-state index < -0.39 is 0 Å². The third-order valence-corrected chi connectivity index (χ3v) is 3.37. The molecule has 0 amide bonds. The minimum Gasteiger partial charge on any atom is -0.396 e. The standard InChI is InChI=1S/C13H18O2/c1-10(9-14)11-3-5-12(6-4-11)13(15-2)7-8-13/h3-6,10,14H,7-9H2,1-2H3. The second-order valence-corrected chi connectivity index (χ2v) is 4.40. The predicted octanol–water partition coefficient (Wildman–Crippen LogP) is 2.42. The van der Waals surface area contributed by atoms with E-state index in [1.807, 2.05) is 6.92 Å². The van der Waals surface area contributed by atoms with E-state index in [0.717, 1.165) is 12.8 Å². The lowest BCUT2D eigenvalue weighted by atomic mass is 9.98. The molecule has 15 heavy (non-hydrogen) atoms. The highest BCUT2D eigenvalue weighted by molar-refractivity contribution is 5.32. The normalized spacial score (nSPS) is 19.9. The Hall–Kier alpha value is -0.860. The van der Waals surface area contributed by atoms with Crippen LogP contribution in [0.1, 0.15) is 36.8 Å². The van der Waals surface area contributed by atoms with E-state index >= 15 is 0 Å². The van der Waals surface area contributed by atoms with Gasteiger partial charge in [0.25, 0.3) is 0 Å². The van der Waals surface area contributed by atoms with Crippen molar-refractivity contribution in [3.8, 4) is 0 Å². The summed E-state index contributed by atoms with van der Waals surface area (Å²) >= 11 is 0. The Morgan fingerprint density at radius 1 is 1.33 bits per heavy atom. The van der Waals surface area contributed by atoms with Crippen LogP contribution in [0.25, 0.3) is 0 Å². The molecule has 2 rings (SSSR count). The Balaban J connectivity index is 2.17. The van der Waals surface area contributed by atoms with Crippen molar-refractivity contribution in [3.63, 3.8) is 0 Å². The van der Waals surface area contributed by atoms with Crippen LogP contribution < -0.4 is 0 Å². The lowest BCUT2D eigenvalue weighted by Gasteiger charge is -2.15. The van der Waals surface area contributed by atoms with E-state index in [1.165, 1.54) is 11.1 Å². The number of aliphatic hydroxyl groups excluding tert-OH is 1. The zero-order valence-electron chi connectivity index (χ0n) is 9.36. The van der Waals surface area contributed by atoms with E-state index in [1.54, 1.807) is 7.11 Å². The maximum absolute atomic E-state index is 9.05. The fraction of sp³-hybridized carbons (Fsp3) is 0.538. The molecule has 2 heteroatoms. The Bertz CT molecular complexity index is 325. The molecule has 2 nitrogen and oxygen atoms in total. The van der Waals surface area contributed by atoms with Crippen LogP contribution in [0.5, 0.6) is 0 Å². The van der Waals surface area contributed by atoms with Gasteiger partial charge in [-0.2, -0.15) is 0 Å². The molecule has 0 radical (unpaired) electrons. The molecule has 1 unspecified atom stereocenters. The Labute approximate surface area is 90.9 Å². The molecule has 0 aromatic heterocycles. The third kappa shape index (κ3) is 1.92. The molecule has 0 saturated heterocycles. The van der Waals surface area contributed by atoms with Crippen LogP contribution in [0, 0.1) is 0 Å². The summed E-state index contributed by atoms with van der Waals surface area (Å²) in [6.07, 6.45) is 2.25. The van der Waals surface area contributed by atoms with E-state index in [4.69, 9.17) is 9.84 Å². The van der Waals surface area contributed by atoms with Crippen LogP contribution in [-0.2, 0) is 10.3 Å². The SMILES string of the molecule is COC1(c2ccc(C(C)CO)cc2)CC1. The van der Waals surface area contributed by atoms with Gasteiger partial charge in [-0.25, -0.2) is 0 Å². The molecule has 0 aliphatic heterocycles. The molecule has 1 aliphatic rings. The Kier molecular flexibility index (Phi) is 2.81. The molecule has 1 aromatic carbocycles. The number of hydrogen-bond acceptors (Lipinski definition) is 2. The van der Waals surface area contributed by atoms with Gasteiger partial charge in [0.1, 0.15) is 0 Å². The summed E-state index contributed by atoms with van der Waals surface area (Å²) in [6, 6.07) is 8.43. The monoisotopic (exact) mass is 206 g/mol. The van der Waals surface area contributed by atoms with Crippen molar-refractivity contribution in [2.45, 2.75) is 31.3 Å². The van der Waals surface area contributed by atoms with Crippen LogP contribution >= 0.6 is 0 Å². The molecular weight excluding hydrogens is 188 g/mol. The lowest BCUT2D eigenvalue weighted by Crippen LogP contribution is -2.09. The van der Waals surface area contributed by atoms with Crippen LogP contribution in [0.2, 0.25) is 0 Å². The topological polar surface area (TPSA) is 29.5 Å². The summed E-state index contributed by atoms with van der Waals surface area (Å²) in [6.45, 7) is 2.23. The molecule has 1 N–H and O–H groups in total. The molecule has 1 saturated carbocycles. The highest BCUT2D eigenvalue weighted by atomic mass is 16.5. The van der Waals surface area contributed by atoms with Crippen molar-refractivity contribution in [2.24, 2.45) is 0 Å². The highest BCUT2D eigenvalue weighted by Crippen LogP contribution is 2.48. The third-order valence-electron chi connectivity index (χ3n) is 3.37. The van der Waals surface area contributed by atoms with Gasteiger partial charge < -0.3 is 9.84 Å². The second-order valence-electron chi connectivity index (χ2n) is 4.40. The molecule has 82 valence electrons. The first kappa shape index (κ1) is 10.7. The van der Waals surface area contributed by atoms with Crippen LogP contribution in [0.3, 0.4) is 0 Å². The van der Waals surface area contributed by atoms with Crippen molar-refractivity contribution in [3.05, 3.63) is 35.4 Å². The van der Waals surface area contributed by atoms with Gasteiger partial charge >= 0.3 is 0 Å². The number of methoxy groups -OCH3 is 1. The average Bonchev–Trinajstić information content (AvgIpc) is 3.09. The van der Waals surface area contributed by atoms with Crippen molar-refractivity contribution < 1.29 is 9.84 Å². The molecular formula is C13H18O2. The fourth-order valence-corrected chi connectivity index (χ4v) is 1.94. The summed E-state index contributed by atoms with van der Waals surface area (Å²) in [5.74, 6) is 0.219.